The molecule has 0 fully saturated rings. The quantitative estimate of drug-likeness (QED) is 0.721. The predicted molar refractivity (Wildman–Crippen MR) is 101 cm³/mol. The Balaban J connectivity index is 1.79. The molecule has 4 heteroatoms. The van der Waals surface area contributed by atoms with Crippen molar-refractivity contribution < 1.29 is 9.53 Å². The number of carbonyl (C=O) groups is 1. The first-order valence-electron chi connectivity index (χ1n) is 8.90. The second-order valence-electron chi connectivity index (χ2n) is 5.99. The van der Waals surface area contributed by atoms with Crippen LogP contribution in [0.25, 0.3) is 0 Å². The van der Waals surface area contributed by atoms with Gasteiger partial charge in [-0.15, -0.1) is 0 Å². The van der Waals surface area contributed by atoms with Crippen LogP contribution in [0.2, 0.25) is 0 Å². The van der Waals surface area contributed by atoms with Gasteiger partial charge in [-0.3, -0.25) is 9.69 Å². The monoisotopic (exact) mass is 340 g/mol. The van der Waals surface area contributed by atoms with Crippen molar-refractivity contribution in [1.82, 2.24) is 10.2 Å². The molecule has 0 bridgehead atoms. The normalized spacial score (nSPS) is 10.8. The Labute approximate surface area is 150 Å². The van der Waals surface area contributed by atoms with Crippen LogP contribution in [0.5, 0.6) is 0 Å². The maximum absolute atomic E-state index is 12.0. The molecule has 4 nitrogen and oxygen atoms in total. The molecule has 1 amide bonds. The van der Waals surface area contributed by atoms with Gasteiger partial charge in [0.05, 0.1) is 6.61 Å². The average Bonchev–Trinajstić information content (AvgIpc) is 2.66. The lowest BCUT2D eigenvalue weighted by Crippen LogP contribution is -2.28. The number of nitrogens with zero attached hydrogens (tertiary/aromatic N) is 1. The summed E-state index contributed by atoms with van der Waals surface area (Å²) in [4.78, 5) is 14.4. The van der Waals surface area contributed by atoms with Crippen LogP contribution in [-0.2, 0) is 29.2 Å². The van der Waals surface area contributed by atoms with E-state index in [4.69, 9.17) is 4.74 Å². The maximum atomic E-state index is 12.0. The Kier molecular flexibility index (Phi) is 8.16. The van der Waals surface area contributed by atoms with Crippen LogP contribution in [-0.4, -0.2) is 30.5 Å². The zero-order valence-electron chi connectivity index (χ0n) is 15.2. The van der Waals surface area contributed by atoms with Gasteiger partial charge in [-0.25, -0.2) is 0 Å². The van der Waals surface area contributed by atoms with Gasteiger partial charge in [0.15, 0.2) is 0 Å². The van der Waals surface area contributed by atoms with E-state index in [9.17, 15) is 4.79 Å². The summed E-state index contributed by atoms with van der Waals surface area (Å²) in [6.07, 6.45) is 0. The van der Waals surface area contributed by atoms with Crippen LogP contribution in [0.15, 0.2) is 54.6 Å². The zero-order chi connectivity index (χ0) is 17.9. The van der Waals surface area contributed by atoms with Crippen LogP contribution >= 0.6 is 0 Å². The molecule has 0 aliphatic heterocycles. The Morgan fingerprint density at radius 3 is 2.28 bits per heavy atom. The molecule has 0 saturated heterocycles. The van der Waals surface area contributed by atoms with Crippen molar-refractivity contribution in [3.63, 3.8) is 0 Å². The number of benzene rings is 2. The minimum atomic E-state index is -0.0893. The molecule has 0 aliphatic carbocycles. The van der Waals surface area contributed by atoms with E-state index in [-0.39, 0.29) is 12.5 Å². The fraction of sp³-hybridized carbons (Fsp3) is 0.381. The molecular formula is C21H28N2O2. The van der Waals surface area contributed by atoms with Crippen molar-refractivity contribution in [2.24, 2.45) is 0 Å². The van der Waals surface area contributed by atoms with Crippen LogP contribution in [0.1, 0.15) is 30.5 Å². The third kappa shape index (κ3) is 6.69. The zero-order valence-corrected chi connectivity index (χ0v) is 15.2. The third-order valence-electron chi connectivity index (χ3n) is 4.23. The highest BCUT2D eigenvalue weighted by Crippen LogP contribution is 2.11. The minimum Gasteiger partial charge on any atom is -0.367 e. The average molecular weight is 340 g/mol. The molecular weight excluding hydrogens is 312 g/mol. The van der Waals surface area contributed by atoms with E-state index < -0.39 is 0 Å². The Morgan fingerprint density at radius 1 is 0.960 bits per heavy atom. The summed E-state index contributed by atoms with van der Waals surface area (Å²) in [6, 6.07) is 18.1. The molecule has 0 aliphatic rings. The molecule has 0 radical (unpaired) electrons. The molecule has 134 valence electrons. The minimum absolute atomic E-state index is 0.0765. The molecule has 0 unspecified atom stereocenters. The third-order valence-corrected chi connectivity index (χ3v) is 4.23. The van der Waals surface area contributed by atoms with E-state index in [1.807, 2.05) is 42.5 Å². The fourth-order valence-electron chi connectivity index (χ4n) is 2.65. The van der Waals surface area contributed by atoms with E-state index in [0.29, 0.717) is 13.2 Å². The highest BCUT2D eigenvalue weighted by Gasteiger charge is 2.08. The molecule has 2 aromatic rings. The summed E-state index contributed by atoms with van der Waals surface area (Å²) in [6.45, 7) is 8.33. The number of rotatable bonds is 10. The van der Waals surface area contributed by atoms with Crippen molar-refractivity contribution in [3.05, 3.63) is 71.3 Å². The molecule has 0 heterocycles. The highest BCUT2D eigenvalue weighted by molar-refractivity contribution is 5.77. The molecule has 25 heavy (non-hydrogen) atoms. The summed E-state index contributed by atoms with van der Waals surface area (Å²) < 4.78 is 5.48. The van der Waals surface area contributed by atoms with Gasteiger partial charge in [-0.2, -0.15) is 0 Å². The van der Waals surface area contributed by atoms with E-state index in [1.165, 1.54) is 5.56 Å². The van der Waals surface area contributed by atoms with Crippen LogP contribution < -0.4 is 5.32 Å². The SMILES string of the molecule is CCN(CC)Cc1ccccc1CNC(=O)COCc1ccccc1. The van der Waals surface area contributed by atoms with Gasteiger partial charge in [0.1, 0.15) is 6.61 Å². The first kappa shape index (κ1) is 19.2. The van der Waals surface area contributed by atoms with E-state index in [0.717, 1.165) is 30.8 Å². The van der Waals surface area contributed by atoms with Gasteiger partial charge in [-0.1, -0.05) is 68.4 Å². The molecule has 0 saturated carbocycles. The maximum Gasteiger partial charge on any atom is 0.246 e. The number of ether oxygens (including phenoxy) is 1. The molecule has 2 rings (SSSR count). The van der Waals surface area contributed by atoms with Crippen molar-refractivity contribution in [1.29, 1.82) is 0 Å². The second-order valence-corrected chi connectivity index (χ2v) is 5.99. The predicted octanol–water partition coefficient (Wildman–Crippen LogP) is 3.36. The Hall–Kier alpha value is -2.17. The van der Waals surface area contributed by atoms with E-state index >= 15 is 0 Å². The number of nitrogens with one attached hydrogen (secondary N) is 1. The van der Waals surface area contributed by atoms with Gasteiger partial charge < -0.3 is 10.1 Å². The highest BCUT2D eigenvalue weighted by atomic mass is 16.5. The molecule has 0 aromatic heterocycles. The van der Waals surface area contributed by atoms with Gasteiger partial charge in [-0.05, 0) is 29.8 Å². The summed E-state index contributed by atoms with van der Waals surface area (Å²) in [5, 5.41) is 2.95. The molecule has 2 aromatic carbocycles. The largest absolute Gasteiger partial charge is 0.367 e. The Morgan fingerprint density at radius 2 is 1.60 bits per heavy atom. The lowest BCUT2D eigenvalue weighted by molar-refractivity contribution is -0.126. The van der Waals surface area contributed by atoms with Gasteiger partial charge in [0.25, 0.3) is 0 Å². The summed E-state index contributed by atoms with van der Waals surface area (Å²) in [5.74, 6) is -0.0893. The van der Waals surface area contributed by atoms with Gasteiger partial charge in [0, 0.05) is 13.1 Å². The second kappa shape index (κ2) is 10.6. The molecule has 0 atom stereocenters. The molecule has 0 spiro atoms. The van der Waals surface area contributed by atoms with Crippen molar-refractivity contribution in [2.45, 2.75) is 33.5 Å². The summed E-state index contributed by atoms with van der Waals surface area (Å²) >= 11 is 0. The molecule has 1 N–H and O–H groups in total. The smallest absolute Gasteiger partial charge is 0.246 e. The van der Waals surface area contributed by atoms with Crippen LogP contribution in [0.3, 0.4) is 0 Å². The number of hydrogen-bond donors (Lipinski definition) is 1. The van der Waals surface area contributed by atoms with Crippen molar-refractivity contribution >= 4 is 5.91 Å². The Bertz CT molecular complexity index is 639. The lowest BCUT2D eigenvalue weighted by atomic mass is 10.1. The fourth-order valence-corrected chi connectivity index (χ4v) is 2.65. The van der Waals surface area contributed by atoms with E-state index in [2.05, 4.69) is 36.2 Å². The topological polar surface area (TPSA) is 41.6 Å². The lowest BCUT2D eigenvalue weighted by Gasteiger charge is -2.20. The van der Waals surface area contributed by atoms with Gasteiger partial charge >= 0.3 is 0 Å². The van der Waals surface area contributed by atoms with E-state index in [1.54, 1.807) is 0 Å². The first-order valence-corrected chi connectivity index (χ1v) is 8.90. The van der Waals surface area contributed by atoms with Crippen molar-refractivity contribution in [3.8, 4) is 0 Å². The standard InChI is InChI=1S/C21H28N2O2/c1-3-23(4-2)15-20-13-9-8-12-19(20)14-22-21(24)17-25-16-18-10-6-5-7-11-18/h5-13H,3-4,14-17H2,1-2H3,(H,22,24). The van der Waals surface area contributed by atoms with Crippen LogP contribution in [0, 0.1) is 0 Å². The first-order chi connectivity index (χ1) is 12.2. The number of hydrogen-bond acceptors (Lipinski definition) is 3. The van der Waals surface area contributed by atoms with Crippen LogP contribution in [0.4, 0.5) is 0 Å². The summed E-state index contributed by atoms with van der Waals surface area (Å²) in [7, 11) is 0. The van der Waals surface area contributed by atoms with Gasteiger partial charge in [0.2, 0.25) is 5.91 Å². The number of amides is 1. The van der Waals surface area contributed by atoms with Crippen molar-refractivity contribution in [2.75, 3.05) is 19.7 Å². The number of carbonyl (C=O) groups excluding carboxylic acids is 1. The summed E-state index contributed by atoms with van der Waals surface area (Å²) in [5.41, 5.74) is 3.49.